The number of aromatic nitrogens is 3. The first-order valence-corrected chi connectivity index (χ1v) is 11.0. The molecule has 2 atom stereocenters. The number of hydrogen-bond acceptors (Lipinski definition) is 7. The Bertz CT molecular complexity index is 1110. The Kier molecular flexibility index (Phi) is 6.18. The molecule has 4 N–H and O–H groups in total. The van der Waals surface area contributed by atoms with Gasteiger partial charge in [0.25, 0.3) is 0 Å². The maximum absolute atomic E-state index is 9.39. The summed E-state index contributed by atoms with van der Waals surface area (Å²) in [5.41, 5.74) is 8.91. The largest absolute Gasteiger partial charge is 0.396 e. The molecule has 1 aliphatic carbocycles. The number of thiophene rings is 1. The summed E-state index contributed by atoms with van der Waals surface area (Å²) in [6, 6.07) is 8.19. The van der Waals surface area contributed by atoms with Gasteiger partial charge in [0.05, 0.1) is 16.3 Å². The highest BCUT2D eigenvalue weighted by Crippen LogP contribution is 2.30. The summed E-state index contributed by atoms with van der Waals surface area (Å²) in [7, 11) is 0. The third kappa shape index (κ3) is 4.57. The quantitative estimate of drug-likeness (QED) is 0.418. The molecule has 30 heavy (non-hydrogen) atoms. The average molecular weight is 440 g/mol. The lowest BCUT2D eigenvalue weighted by Crippen LogP contribution is -2.19. The maximum atomic E-state index is 9.39. The molecular formula is C22H22ClN5OS. The number of aliphatic hydroxyl groups excluding tert-OH is 1. The van der Waals surface area contributed by atoms with Gasteiger partial charge in [-0.1, -0.05) is 29.5 Å². The number of nitrogens with one attached hydrogen (secondary N) is 1. The van der Waals surface area contributed by atoms with Crippen LogP contribution in [0.25, 0.3) is 10.6 Å². The molecule has 3 aromatic heterocycles. The first kappa shape index (κ1) is 20.6. The zero-order chi connectivity index (χ0) is 21.1. The number of rotatable bonds is 4. The first-order chi connectivity index (χ1) is 14.5. The molecule has 0 radical (unpaired) electrons. The molecule has 6 nitrogen and oxygen atoms in total. The second-order valence-electron chi connectivity index (χ2n) is 7.36. The Balaban J connectivity index is 1.62. The minimum atomic E-state index is 0.0999. The van der Waals surface area contributed by atoms with E-state index in [0.29, 0.717) is 17.3 Å². The number of nitrogen functional groups attached to an aromatic ring is 1. The SMILES string of the molecule is Cc1nc(-c2cccs2)ccc1C#Cc1c(Cl)nc(N)nc1N[C@H]1CC[C@@H](CO)C1. The summed E-state index contributed by atoms with van der Waals surface area (Å²) in [5.74, 6) is 7.20. The molecule has 0 aromatic carbocycles. The molecule has 0 aliphatic heterocycles. The van der Waals surface area contributed by atoms with Gasteiger partial charge in [-0.05, 0) is 55.7 Å². The van der Waals surface area contributed by atoms with Gasteiger partial charge in [0.1, 0.15) is 11.4 Å². The van der Waals surface area contributed by atoms with Gasteiger partial charge in [0.15, 0.2) is 5.15 Å². The fourth-order valence-corrected chi connectivity index (χ4v) is 4.53. The van der Waals surface area contributed by atoms with Crippen LogP contribution in [0, 0.1) is 24.7 Å². The van der Waals surface area contributed by atoms with Crippen molar-refractivity contribution in [3.8, 4) is 22.4 Å². The van der Waals surface area contributed by atoms with Crippen LogP contribution in [0.3, 0.4) is 0 Å². The van der Waals surface area contributed by atoms with Gasteiger partial charge in [-0.15, -0.1) is 11.3 Å². The van der Waals surface area contributed by atoms with Gasteiger partial charge in [0, 0.05) is 18.2 Å². The Morgan fingerprint density at radius 3 is 2.80 bits per heavy atom. The molecule has 154 valence electrons. The number of hydrogen-bond donors (Lipinski definition) is 3. The molecule has 3 aromatic rings. The summed E-state index contributed by atoms with van der Waals surface area (Å²) in [6.45, 7) is 2.14. The van der Waals surface area contributed by atoms with Crippen molar-refractivity contribution in [3.63, 3.8) is 0 Å². The van der Waals surface area contributed by atoms with Crippen LogP contribution in [-0.2, 0) is 0 Å². The lowest BCUT2D eigenvalue weighted by atomic mass is 10.1. The number of aliphatic hydroxyl groups is 1. The Hall–Kier alpha value is -2.66. The van der Waals surface area contributed by atoms with Crippen molar-refractivity contribution in [2.75, 3.05) is 17.7 Å². The summed E-state index contributed by atoms with van der Waals surface area (Å²) >= 11 is 8.00. The standard InChI is InChI=1S/C22H22ClN5OS/c1-13-15(6-9-18(25-13)19-3-2-10-30-19)5-8-17-20(23)27-22(24)28-21(17)26-16-7-4-14(11-16)12-29/h2-3,6,9-10,14,16,29H,4,7,11-12H2,1H3,(H3,24,26,27,28)/t14-,16+/m1/s1. The fourth-order valence-electron chi connectivity index (χ4n) is 3.61. The summed E-state index contributed by atoms with van der Waals surface area (Å²) < 4.78 is 0. The van der Waals surface area contributed by atoms with E-state index < -0.39 is 0 Å². The van der Waals surface area contributed by atoms with Gasteiger partial charge in [0.2, 0.25) is 5.95 Å². The highest BCUT2D eigenvalue weighted by molar-refractivity contribution is 7.13. The van der Waals surface area contributed by atoms with Crippen LogP contribution in [0.1, 0.15) is 36.1 Å². The molecule has 0 amide bonds. The zero-order valence-electron chi connectivity index (χ0n) is 16.5. The predicted molar refractivity (Wildman–Crippen MR) is 122 cm³/mol. The number of nitrogens with zero attached hydrogens (tertiary/aromatic N) is 3. The highest BCUT2D eigenvalue weighted by atomic mass is 35.5. The number of aryl methyl sites for hydroxylation is 1. The van der Waals surface area contributed by atoms with E-state index >= 15 is 0 Å². The van der Waals surface area contributed by atoms with E-state index in [4.69, 9.17) is 17.3 Å². The van der Waals surface area contributed by atoms with Crippen molar-refractivity contribution in [2.24, 2.45) is 5.92 Å². The predicted octanol–water partition coefficient (Wildman–Crippen LogP) is 4.12. The average Bonchev–Trinajstić information content (AvgIpc) is 3.40. The van der Waals surface area contributed by atoms with Gasteiger partial charge in [-0.2, -0.15) is 9.97 Å². The van der Waals surface area contributed by atoms with E-state index in [2.05, 4.69) is 32.1 Å². The lowest BCUT2D eigenvalue weighted by Gasteiger charge is -2.15. The monoisotopic (exact) mass is 439 g/mol. The molecule has 8 heteroatoms. The topological polar surface area (TPSA) is 97.0 Å². The van der Waals surface area contributed by atoms with E-state index in [1.54, 1.807) is 11.3 Å². The third-order valence-electron chi connectivity index (χ3n) is 5.20. The second kappa shape index (κ2) is 9.00. The molecule has 1 fully saturated rings. The van der Waals surface area contributed by atoms with E-state index in [1.807, 2.05) is 36.6 Å². The van der Waals surface area contributed by atoms with Gasteiger partial charge in [-0.25, -0.2) is 0 Å². The molecule has 0 spiro atoms. The lowest BCUT2D eigenvalue weighted by molar-refractivity contribution is 0.229. The van der Waals surface area contributed by atoms with Crippen LogP contribution in [0.15, 0.2) is 29.6 Å². The van der Waals surface area contributed by atoms with Crippen molar-refractivity contribution in [1.82, 2.24) is 15.0 Å². The summed E-state index contributed by atoms with van der Waals surface area (Å²) in [4.78, 5) is 14.2. The Labute approximate surface area is 184 Å². The van der Waals surface area contributed by atoms with Crippen molar-refractivity contribution in [2.45, 2.75) is 32.2 Å². The van der Waals surface area contributed by atoms with Crippen LogP contribution in [-0.4, -0.2) is 32.7 Å². The van der Waals surface area contributed by atoms with Crippen LogP contribution in [0.4, 0.5) is 11.8 Å². The first-order valence-electron chi connectivity index (χ1n) is 9.77. The number of nitrogens with two attached hydrogens (primary N) is 1. The second-order valence-corrected chi connectivity index (χ2v) is 8.66. The fraction of sp³-hybridized carbons (Fsp3) is 0.318. The van der Waals surface area contributed by atoms with E-state index in [9.17, 15) is 5.11 Å². The summed E-state index contributed by atoms with van der Waals surface area (Å²) in [5, 5.41) is 15.0. The van der Waals surface area contributed by atoms with Gasteiger partial charge in [-0.3, -0.25) is 4.98 Å². The van der Waals surface area contributed by atoms with Crippen molar-refractivity contribution >= 4 is 34.7 Å². The minimum Gasteiger partial charge on any atom is -0.396 e. The molecule has 0 bridgehead atoms. The molecule has 1 aliphatic rings. The van der Waals surface area contributed by atoms with Crippen LogP contribution in [0.2, 0.25) is 5.15 Å². The molecular weight excluding hydrogens is 418 g/mol. The van der Waals surface area contributed by atoms with E-state index in [0.717, 1.165) is 41.1 Å². The smallest absolute Gasteiger partial charge is 0.223 e. The molecule has 0 saturated heterocycles. The van der Waals surface area contributed by atoms with Crippen LogP contribution in [0.5, 0.6) is 0 Å². The van der Waals surface area contributed by atoms with Crippen molar-refractivity contribution < 1.29 is 5.11 Å². The Morgan fingerprint density at radius 1 is 1.23 bits per heavy atom. The van der Waals surface area contributed by atoms with E-state index in [-0.39, 0.29) is 23.8 Å². The van der Waals surface area contributed by atoms with Crippen molar-refractivity contribution in [1.29, 1.82) is 0 Å². The third-order valence-corrected chi connectivity index (χ3v) is 6.37. The Morgan fingerprint density at radius 2 is 2.10 bits per heavy atom. The van der Waals surface area contributed by atoms with Crippen LogP contribution >= 0.6 is 22.9 Å². The molecule has 4 rings (SSSR count). The highest BCUT2D eigenvalue weighted by Gasteiger charge is 2.25. The van der Waals surface area contributed by atoms with Crippen LogP contribution < -0.4 is 11.1 Å². The number of halogens is 1. The molecule has 1 saturated carbocycles. The normalized spacial score (nSPS) is 18.1. The maximum Gasteiger partial charge on any atom is 0.223 e. The molecule has 3 heterocycles. The van der Waals surface area contributed by atoms with Gasteiger partial charge >= 0.3 is 0 Å². The molecule has 0 unspecified atom stereocenters. The van der Waals surface area contributed by atoms with Gasteiger partial charge < -0.3 is 16.2 Å². The van der Waals surface area contributed by atoms with Crippen molar-refractivity contribution in [3.05, 3.63) is 51.6 Å². The minimum absolute atomic E-state index is 0.0999. The zero-order valence-corrected chi connectivity index (χ0v) is 18.1. The number of anilines is 2. The number of pyridine rings is 1. The summed E-state index contributed by atoms with van der Waals surface area (Å²) in [6.07, 6.45) is 2.80. The van der Waals surface area contributed by atoms with E-state index in [1.165, 1.54) is 0 Å².